The van der Waals surface area contributed by atoms with Crippen LogP contribution in [0.25, 0.3) is 0 Å². The third kappa shape index (κ3) is 3.69. The number of halogens is 1. The molecular formula is C14H20BrN3O. The van der Waals surface area contributed by atoms with E-state index >= 15 is 0 Å². The SMILES string of the molecule is CC1CCCCC1CNC(=O)c1cc(Br)cnc1N. The van der Waals surface area contributed by atoms with Crippen LogP contribution in [0, 0.1) is 11.8 Å². The largest absolute Gasteiger partial charge is 0.383 e. The average molecular weight is 326 g/mol. The number of pyridine rings is 1. The lowest BCUT2D eigenvalue weighted by Crippen LogP contribution is -2.33. The number of carbonyl (C=O) groups is 1. The van der Waals surface area contributed by atoms with E-state index in [2.05, 4.69) is 33.2 Å². The summed E-state index contributed by atoms with van der Waals surface area (Å²) in [5.74, 6) is 1.41. The lowest BCUT2D eigenvalue weighted by molar-refractivity contribution is 0.0937. The molecule has 5 heteroatoms. The van der Waals surface area contributed by atoms with Gasteiger partial charge in [0.1, 0.15) is 5.82 Å². The zero-order valence-corrected chi connectivity index (χ0v) is 12.7. The molecule has 0 aromatic carbocycles. The fraction of sp³-hybridized carbons (Fsp3) is 0.571. The highest BCUT2D eigenvalue weighted by Gasteiger charge is 2.22. The van der Waals surface area contributed by atoms with Crippen molar-refractivity contribution in [3.05, 3.63) is 22.3 Å². The zero-order valence-electron chi connectivity index (χ0n) is 11.2. The third-order valence-corrected chi connectivity index (χ3v) is 4.38. The molecule has 1 heterocycles. The van der Waals surface area contributed by atoms with Crippen molar-refractivity contribution < 1.29 is 4.79 Å². The lowest BCUT2D eigenvalue weighted by atomic mass is 9.80. The molecule has 19 heavy (non-hydrogen) atoms. The maximum atomic E-state index is 12.1. The summed E-state index contributed by atoms with van der Waals surface area (Å²) in [6, 6.07) is 1.71. The van der Waals surface area contributed by atoms with E-state index in [1.807, 2.05) is 0 Å². The van der Waals surface area contributed by atoms with Gasteiger partial charge in [-0.1, -0.05) is 26.2 Å². The molecule has 1 saturated carbocycles. The van der Waals surface area contributed by atoms with E-state index in [-0.39, 0.29) is 11.7 Å². The van der Waals surface area contributed by atoms with Crippen LogP contribution in [0.5, 0.6) is 0 Å². The van der Waals surface area contributed by atoms with Crippen LogP contribution in [0.15, 0.2) is 16.7 Å². The summed E-state index contributed by atoms with van der Waals surface area (Å²) in [6.07, 6.45) is 6.64. The Morgan fingerprint density at radius 2 is 2.26 bits per heavy atom. The Morgan fingerprint density at radius 1 is 1.53 bits per heavy atom. The summed E-state index contributed by atoms with van der Waals surface area (Å²) in [5.41, 5.74) is 6.18. The molecule has 2 atom stereocenters. The van der Waals surface area contributed by atoms with Gasteiger partial charge < -0.3 is 11.1 Å². The molecule has 1 aromatic heterocycles. The van der Waals surface area contributed by atoms with Crippen molar-refractivity contribution >= 4 is 27.7 Å². The van der Waals surface area contributed by atoms with Crippen LogP contribution in [0.2, 0.25) is 0 Å². The number of hydrogen-bond donors (Lipinski definition) is 2. The van der Waals surface area contributed by atoms with E-state index in [4.69, 9.17) is 5.73 Å². The van der Waals surface area contributed by atoms with Gasteiger partial charge in [-0.15, -0.1) is 0 Å². The minimum absolute atomic E-state index is 0.135. The van der Waals surface area contributed by atoms with Crippen LogP contribution in [0.1, 0.15) is 43.0 Å². The first kappa shape index (κ1) is 14.3. The second kappa shape index (κ2) is 6.37. The van der Waals surface area contributed by atoms with Gasteiger partial charge in [0.25, 0.3) is 5.91 Å². The Morgan fingerprint density at radius 3 is 3.00 bits per heavy atom. The number of rotatable bonds is 3. The van der Waals surface area contributed by atoms with Gasteiger partial charge in [0.05, 0.1) is 5.56 Å². The van der Waals surface area contributed by atoms with Gasteiger partial charge in [0.15, 0.2) is 0 Å². The summed E-state index contributed by atoms with van der Waals surface area (Å²) in [5, 5.41) is 2.99. The van der Waals surface area contributed by atoms with Gasteiger partial charge >= 0.3 is 0 Å². The number of amides is 1. The molecule has 0 saturated heterocycles. The molecule has 1 aromatic rings. The monoisotopic (exact) mass is 325 g/mol. The number of aromatic nitrogens is 1. The molecule has 2 unspecified atom stereocenters. The molecule has 3 N–H and O–H groups in total. The average Bonchev–Trinajstić information content (AvgIpc) is 2.40. The van der Waals surface area contributed by atoms with Crippen molar-refractivity contribution in [2.75, 3.05) is 12.3 Å². The van der Waals surface area contributed by atoms with Crippen LogP contribution in [0.3, 0.4) is 0 Å². The van der Waals surface area contributed by atoms with E-state index < -0.39 is 0 Å². The molecule has 4 nitrogen and oxygen atoms in total. The van der Waals surface area contributed by atoms with Crippen molar-refractivity contribution in [3.8, 4) is 0 Å². The molecule has 2 rings (SSSR count). The first-order chi connectivity index (χ1) is 9.08. The highest BCUT2D eigenvalue weighted by atomic mass is 79.9. The van der Waals surface area contributed by atoms with Gasteiger partial charge in [0.2, 0.25) is 0 Å². The Balaban J connectivity index is 1.95. The van der Waals surface area contributed by atoms with Crippen LogP contribution in [-0.2, 0) is 0 Å². The zero-order chi connectivity index (χ0) is 13.8. The van der Waals surface area contributed by atoms with Crippen molar-refractivity contribution in [2.45, 2.75) is 32.6 Å². The maximum Gasteiger partial charge on any atom is 0.255 e. The normalized spacial score (nSPS) is 23.1. The molecule has 0 bridgehead atoms. The summed E-state index contributed by atoms with van der Waals surface area (Å²) in [4.78, 5) is 16.1. The Hall–Kier alpha value is -1.10. The molecule has 0 spiro atoms. The molecule has 1 aliphatic rings. The predicted octanol–water partition coefficient (Wildman–Crippen LogP) is 2.98. The Bertz CT molecular complexity index is 464. The standard InChI is InChI=1S/C14H20BrN3O/c1-9-4-2-3-5-10(9)7-18-14(19)12-6-11(15)8-17-13(12)16/h6,8-10H,2-5,7H2,1H3,(H2,16,17)(H,18,19). The number of carbonyl (C=O) groups excluding carboxylic acids is 1. The van der Waals surface area contributed by atoms with E-state index in [9.17, 15) is 4.79 Å². The number of anilines is 1. The third-order valence-electron chi connectivity index (χ3n) is 3.94. The van der Waals surface area contributed by atoms with E-state index in [1.165, 1.54) is 25.7 Å². The molecule has 1 aliphatic carbocycles. The second-order valence-electron chi connectivity index (χ2n) is 5.32. The lowest BCUT2D eigenvalue weighted by Gasteiger charge is -2.28. The van der Waals surface area contributed by atoms with E-state index in [1.54, 1.807) is 12.3 Å². The van der Waals surface area contributed by atoms with Gasteiger partial charge in [-0.2, -0.15) is 0 Å². The summed E-state index contributed by atoms with van der Waals surface area (Å²) >= 11 is 3.30. The van der Waals surface area contributed by atoms with E-state index in [0.717, 1.165) is 11.0 Å². The number of nitrogens with one attached hydrogen (secondary N) is 1. The quantitative estimate of drug-likeness (QED) is 0.897. The van der Waals surface area contributed by atoms with E-state index in [0.29, 0.717) is 17.4 Å². The molecule has 0 aliphatic heterocycles. The van der Waals surface area contributed by atoms with Gasteiger partial charge in [-0.3, -0.25) is 4.79 Å². The molecule has 0 radical (unpaired) electrons. The number of nitrogens with two attached hydrogens (primary N) is 1. The number of nitrogens with zero attached hydrogens (tertiary/aromatic N) is 1. The number of nitrogen functional groups attached to an aromatic ring is 1. The minimum Gasteiger partial charge on any atom is -0.383 e. The van der Waals surface area contributed by atoms with Crippen molar-refractivity contribution in [1.29, 1.82) is 0 Å². The second-order valence-corrected chi connectivity index (χ2v) is 6.23. The Labute approximate surface area is 122 Å². The van der Waals surface area contributed by atoms with Gasteiger partial charge in [-0.05, 0) is 40.3 Å². The summed E-state index contributed by atoms with van der Waals surface area (Å²) in [6.45, 7) is 3.00. The highest BCUT2D eigenvalue weighted by molar-refractivity contribution is 9.10. The fourth-order valence-corrected chi connectivity index (χ4v) is 2.98. The highest BCUT2D eigenvalue weighted by Crippen LogP contribution is 2.29. The maximum absolute atomic E-state index is 12.1. The molecule has 104 valence electrons. The van der Waals surface area contributed by atoms with Crippen molar-refractivity contribution in [3.63, 3.8) is 0 Å². The van der Waals surface area contributed by atoms with Crippen LogP contribution in [0.4, 0.5) is 5.82 Å². The number of hydrogen-bond acceptors (Lipinski definition) is 3. The fourth-order valence-electron chi connectivity index (χ4n) is 2.65. The molecule has 1 amide bonds. The van der Waals surface area contributed by atoms with Crippen molar-refractivity contribution in [2.24, 2.45) is 11.8 Å². The van der Waals surface area contributed by atoms with Gasteiger partial charge in [-0.25, -0.2) is 4.98 Å². The van der Waals surface area contributed by atoms with Crippen LogP contribution < -0.4 is 11.1 Å². The summed E-state index contributed by atoms with van der Waals surface area (Å²) in [7, 11) is 0. The molecular weight excluding hydrogens is 306 g/mol. The Kier molecular flexibility index (Phi) is 4.80. The minimum atomic E-state index is -0.135. The first-order valence-electron chi connectivity index (χ1n) is 6.77. The summed E-state index contributed by atoms with van der Waals surface area (Å²) < 4.78 is 0.762. The van der Waals surface area contributed by atoms with Crippen molar-refractivity contribution in [1.82, 2.24) is 10.3 Å². The van der Waals surface area contributed by atoms with Crippen LogP contribution >= 0.6 is 15.9 Å². The predicted molar refractivity (Wildman–Crippen MR) is 79.8 cm³/mol. The topological polar surface area (TPSA) is 68.0 Å². The molecule has 1 fully saturated rings. The smallest absolute Gasteiger partial charge is 0.255 e. The van der Waals surface area contributed by atoms with Crippen LogP contribution in [-0.4, -0.2) is 17.4 Å². The first-order valence-corrected chi connectivity index (χ1v) is 7.56. The van der Waals surface area contributed by atoms with Gasteiger partial charge in [0, 0.05) is 17.2 Å².